The molecule has 13 heteroatoms. The number of aliphatic hydroxyl groups is 1. The fourth-order valence-corrected chi connectivity index (χ4v) is 5.72. The van der Waals surface area contributed by atoms with Crippen molar-refractivity contribution >= 4 is 52.6 Å². The van der Waals surface area contributed by atoms with E-state index in [9.17, 15) is 19.5 Å². The van der Waals surface area contributed by atoms with Gasteiger partial charge >= 0.3 is 11.9 Å². The Kier molecular flexibility index (Phi) is 8.02. The molecule has 210 valence electrons. The standard InChI is InChI=1S/C25H30Cl3NO9/c1-13(30)36-19-20(31)37-17-18(34-11-14-8-6-5-7-9-14)24(19,29-21(32)25(26,27)28)15(10-23(17,4)33)16-12-35-22(2,3)38-16/h5-9,15-19,33H,10-12H2,1-4H3,(H,29,32)/t15-,16-,17+,18-,19-,23+,24-/m1/s1. The monoisotopic (exact) mass is 593 g/mol. The molecule has 38 heavy (non-hydrogen) atoms. The predicted octanol–water partition coefficient (Wildman–Crippen LogP) is 2.58. The highest BCUT2D eigenvalue weighted by Gasteiger charge is 2.73. The number of amides is 1. The Labute approximate surface area is 235 Å². The minimum atomic E-state index is -2.45. The lowest BCUT2D eigenvalue weighted by Crippen LogP contribution is -2.84. The summed E-state index contributed by atoms with van der Waals surface area (Å²) in [5, 5.41) is 14.2. The number of benzene rings is 1. The van der Waals surface area contributed by atoms with E-state index in [0.29, 0.717) is 0 Å². The SMILES string of the molecule is CC(=O)O[C@@H]1C(=O)O[C@H]2[C@@H](OCc3ccccc3)[C@]1(NC(=O)C(Cl)(Cl)Cl)[C@@H]([C@H]1COC(C)(C)O1)C[C@]2(C)O. The van der Waals surface area contributed by atoms with Crippen molar-refractivity contribution < 1.29 is 43.2 Å². The second-order valence-electron chi connectivity index (χ2n) is 10.5. The molecule has 0 aromatic heterocycles. The highest BCUT2D eigenvalue weighted by atomic mass is 35.6. The molecule has 3 aliphatic rings. The number of nitrogens with one attached hydrogen (secondary N) is 1. The van der Waals surface area contributed by atoms with Crippen LogP contribution in [0.1, 0.15) is 39.7 Å². The predicted molar refractivity (Wildman–Crippen MR) is 135 cm³/mol. The highest BCUT2D eigenvalue weighted by Crippen LogP contribution is 2.52. The summed E-state index contributed by atoms with van der Waals surface area (Å²) in [4.78, 5) is 38.9. The van der Waals surface area contributed by atoms with E-state index in [1.54, 1.807) is 13.8 Å². The first-order valence-electron chi connectivity index (χ1n) is 12.0. The van der Waals surface area contributed by atoms with E-state index < -0.39 is 68.9 Å². The van der Waals surface area contributed by atoms with Gasteiger partial charge in [0.1, 0.15) is 17.2 Å². The van der Waals surface area contributed by atoms with Gasteiger partial charge in [0.15, 0.2) is 11.9 Å². The van der Waals surface area contributed by atoms with Crippen LogP contribution in [0.15, 0.2) is 30.3 Å². The first-order chi connectivity index (χ1) is 17.6. The number of esters is 2. The molecule has 2 bridgehead atoms. The second kappa shape index (κ2) is 10.4. The van der Waals surface area contributed by atoms with Gasteiger partial charge in [-0.2, -0.15) is 0 Å². The fraction of sp³-hybridized carbons (Fsp3) is 0.640. The quantitative estimate of drug-likeness (QED) is 0.377. The molecule has 2 heterocycles. The lowest BCUT2D eigenvalue weighted by atomic mass is 9.58. The molecule has 1 aliphatic carbocycles. The van der Waals surface area contributed by atoms with Gasteiger partial charge in [0.2, 0.25) is 6.10 Å². The number of halogens is 3. The van der Waals surface area contributed by atoms with Gasteiger partial charge in [-0.3, -0.25) is 9.59 Å². The number of hydrogen-bond donors (Lipinski definition) is 2. The first kappa shape index (κ1) is 29.3. The molecule has 0 radical (unpaired) electrons. The van der Waals surface area contributed by atoms with Crippen molar-refractivity contribution in [2.45, 2.75) is 85.9 Å². The molecule has 0 spiro atoms. The molecule has 0 unspecified atom stereocenters. The molecule has 1 saturated carbocycles. The van der Waals surface area contributed by atoms with Crippen LogP contribution in [0.3, 0.4) is 0 Å². The molecule has 1 aromatic rings. The maximum absolute atomic E-state index is 13.4. The second-order valence-corrected chi connectivity index (χ2v) is 12.8. The lowest BCUT2D eigenvalue weighted by Gasteiger charge is -2.61. The van der Waals surface area contributed by atoms with Crippen molar-refractivity contribution in [1.29, 1.82) is 0 Å². The van der Waals surface area contributed by atoms with Gasteiger partial charge in [-0.25, -0.2) is 4.79 Å². The summed E-state index contributed by atoms with van der Waals surface area (Å²) >= 11 is 17.8. The fourth-order valence-electron chi connectivity index (χ4n) is 5.58. The topological polar surface area (TPSA) is 130 Å². The van der Waals surface area contributed by atoms with Crippen molar-refractivity contribution in [2.75, 3.05) is 6.61 Å². The number of carbonyl (C=O) groups excluding carboxylic acids is 3. The molecule has 1 aromatic carbocycles. The van der Waals surface area contributed by atoms with Gasteiger partial charge in [0.05, 0.1) is 19.3 Å². The summed E-state index contributed by atoms with van der Waals surface area (Å²) in [5.74, 6) is -4.86. The number of carbonyl (C=O) groups is 3. The van der Waals surface area contributed by atoms with Crippen molar-refractivity contribution in [3.05, 3.63) is 35.9 Å². The van der Waals surface area contributed by atoms with E-state index in [-0.39, 0.29) is 19.6 Å². The van der Waals surface area contributed by atoms with Crippen LogP contribution in [0, 0.1) is 5.92 Å². The molecule has 1 amide bonds. The largest absolute Gasteiger partial charge is 0.454 e. The normalized spacial score (nSPS) is 36.3. The summed E-state index contributed by atoms with van der Waals surface area (Å²) < 4.78 is 26.9. The Hall–Kier alpha value is -1.66. The number of fused-ring (bicyclic) bond motifs is 2. The zero-order valence-corrected chi connectivity index (χ0v) is 23.5. The molecule has 7 atom stereocenters. The molecular formula is C25H30Cl3NO9. The summed E-state index contributed by atoms with van der Waals surface area (Å²) in [6.45, 7) is 6.03. The first-order valence-corrected chi connectivity index (χ1v) is 13.2. The number of hydrogen-bond acceptors (Lipinski definition) is 9. The van der Waals surface area contributed by atoms with Gasteiger partial charge in [0, 0.05) is 12.8 Å². The van der Waals surface area contributed by atoms with Gasteiger partial charge in [-0.1, -0.05) is 65.1 Å². The molecule has 4 rings (SSSR count). The van der Waals surface area contributed by atoms with Crippen LogP contribution in [0.25, 0.3) is 0 Å². The van der Waals surface area contributed by atoms with Crippen LogP contribution in [-0.2, 0) is 44.7 Å². The lowest BCUT2D eigenvalue weighted by molar-refractivity contribution is -0.283. The Bertz CT molecular complexity index is 1080. The van der Waals surface area contributed by atoms with Crippen LogP contribution in [-0.4, -0.2) is 74.7 Å². The van der Waals surface area contributed by atoms with E-state index in [2.05, 4.69) is 5.32 Å². The van der Waals surface area contributed by atoms with E-state index in [1.165, 1.54) is 6.92 Å². The van der Waals surface area contributed by atoms with Gasteiger partial charge in [0.25, 0.3) is 9.70 Å². The molecule has 3 fully saturated rings. The van der Waals surface area contributed by atoms with Crippen LogP contribution in [0.4, 0.5) is 0 Å². The molecule has 2 saturated heterocycles. The van der Waals surface area contributed by atoms with Crippen LogP contribution >= 0.6 is 34.8 Å². The Morgan fingerprint density at radius 1 is 1.18 bits per heavy atom. The highest BCUT2D eigenvalue weighted by molar-refractivity contribution is 6.76. The number of ether oxygens (including phenoxy) is 5. The maximum atomic E-state index is 13.4. The minimum Gasteiger partial charge on any atom is -0.454 e. The molecular weight excluding hydrogens is 565 g/mol. The third-order valence-corrected chi connectivity index (χ3v) is 7.63. The van der Waals surface area contributed by atoms with E-state index in [1.807, 2.05) is 30.3 Å². The van der Waals surface area contributed by atoms with Gasteiger partial charge < -0.3 is 34.1 Å². The van der Waals surface area contributed by atoms with Crippen molar-refractivity contribution in [3.63, 3.8) is 0 Å². The zero-order valence-electron chi connectivity index (χ0n) is 21.2. The van der Waals surface area contributed by atoms with E-state index in [0.717, 1.165) is 12.5 Å². The van der Waals surface area contributed by atoms with Crippen LogP contribution in [0.5, 0.6) is 0 Å². The molecule has 10 nitrogen and oxygen atoms in total. The summed E-state index contributed by atoms with van der Waals surface area (Å²) in [6.07, 6.45) is -5.13. The third-order valence-electron chi connectivity index (χ3n) is 7.12. The Morgan fingerprint density at radius 2 is 1.84 bits per heavy atom. The van der Waals surface area contributed by atoms with Crippen molar-refractivity contribution in [3.8, 4) is 0 Å². The van der Waals surface area contributed by atoms with Gasteiger partial charge in [-0.05, 0) is 32.8 Å². The summed E-state index contributed by atoms with van der Waals surface area (Å²) in [7, 11) is 0. The third kappa shape index (κ3) is 5.63. The van der Waals surface area contributed by atoms with E-state index >= 15 is 0 Å². The number of rotatable bonds is 6. The molecule has 2 aliphatic heterocycles. The summed E-state index contributed by atoms with van der Waals surface area (Å²) in [5.41, 5.74) is -2.77. The average molecular weight is 595 g/mol. The van der Waals surface area contributed by atoms with E-state index in [4.69, 9.17) is 58.5 Å². The maximum Gasteiger partial charge on any atom is 0.350 e. The smallest absolute Gasteiger partial charge is 0.350 e. The van der Waals surface area contributed by atoms with Crippen molar-refractivity contribution in [1.82, 2.24) is 5.32 Å². The van der Waals surface area contributed by atoms with Gasteiger partial charge in [-0.15, -0.1) is 0 Å². The van der Waals surface area contributed by atoms with Crippen molar-refractivity contribution in [2.24, 2.45) is 5.92 Å². The average Bonchev–Trinajstić information content (AvgIpc) is 3.17. The Balaban J connectivity index is 1.90. The van der Waals surface area contributed by atoms with Crippen LogP contribution in [0.2, 0.25) is 0 Å². The summed E-state index contributed by atoms with van der Waals surface area (Å²) in [6, 6.07) is 9.08. The van der Waals surface area contributed by atoms with Crippen LogP contribution < -0.4 is 5.32 Å². The number of alkyl halides is 3. The zero-order chi connectivity index (χ0) is 28.1. The minimum absolute atomic E-state index is 0.00590. The Morgan fingerprint density at radius 3 is 2.39 bits per heavy atom. The molecule has 2 N–H and O–H groups in total.